The molecule has 3 aromatic rings. The Morgan fingerprint density at radius 1 is 1.05 bits per heavy atom. The van der Waals surface area contributed by atoms with Crippen molar-refractivity contribution in [3.05, 3.63) is 36.7 Å². The topological polar surface area (TPSA) is 66.9 Å². The highest BCUT2D eigenvalue weighted by Gasteiger charge is 2.18. The predicted molar refractivity (Wildman–Crippen MR) is 80.2 cm³/mol. The Morgan fingerprint density at radius 2 is 1.86 bits per heavy atom. The fraction of sp³-hybridized carbons (Fsp3) is 0.267. The molecule has 4 heterocycles. The van der Waals surface area contributed by atoms with Gasteiger partial charge in [-0.2, -0.15) is 0 Å². The highest BCUT2D eigenvalue weighted by atomic mass is 16.5. The van der Waals surface area contributed by atoms with Crippen LogP contribution in [0, 0.1) is 0 Å². The molecule has 0 aromatic carbocycles. The number of nitrogens with zero attached hydrogens (tertiary/aromatic N) is 4. The van der Waals surface area contributed by atoms with Gasteiger partial charge in [0.25, 0.3) is 0 Å². The van der Waals surface area contributed by atoms with E-state index in [1.807, 2.05) is 30.5 Å². The van der Waals surface area contributed by atoms with Crippen molar-refractivity contribution >= 4 is 17.0 Å². The van der Waals surface area contributed by atoms with Gasteiger partial charge in [0.1, 0.15) is 11.6 Å². The molecule has 1 saturated heterocycles. The van der Waals surface area contributed by atoms with Crippen LogP contribution in [0.25, 0.3) is 22.6 Å². The zero-order valence-electron chi connectivity index (χ0n) is 11.5. The van der Waals surface area contributed by atoms with Gasteiger partial charge in [-0.3, -0.25) is 0 Å². The van der Waals surface area contributed by atoms with E-state index in [0.29, 0.717) is 0 Å². The number of morpholine rings is 1. The number of nitrogens with one attached hydrogen (secondary N) is 1. The van der Waals surface area contributed by atoms with Crippen LogP contribution in [0.3, 0.4) is 0 Å². The van der Waals surface area contributed by atoms with Gasteiger partial charge < -0.3 is 14.6 Å². The molecule has 0 saturated carbocycles. The summed E-state index contributed by atoms with van der Waals surface area (Å²) in [5.41, 5.74) is 2.66. The van der Waals surface area contributed by atoms with Crippen LogP contribution in [-0.4, -0.2) is 46.2 Å². The number of aromatic nitrogens is 4. The molecule has 1 aliphatic rings. The number of pyridine rings is 2. The lowest BCUT2D eigenvalue weighted by Crippen LogP contribution is -2.37. The van der Waals surface area contributed by atoms with Gasteiger partial charge >= 0.3 is 0 Å². The van der Waals surface area contributed by atoms with Crippen molar-refractivity contribution < 1.29 is 4.74 Å². The molecule has 1 N–H and O–H groups in total. The number of hydrogen-bond acceptors (Lipinski definition) is 5. The van der Waals surface area contributed by atoms with Crippen molar-refractivity contribution in [1.29, 1.82) is 0 Å². The number of imidazole rings is 1. The van der Waals surface area contributed by atoms with E-state index in [4.69, 9.17) is 4.74 Å². The number of hydrogen-bond donors (Lipinski definition) is 1. The molecule has 106 valence electrons. The standard InChI is InChI=1S/C15H15N5O/c1-3-11(13-18-12-4-2-5-16-14(12)19-13)15(17-6-1)20-7-9-21-10-8-20/h1-6H,7-10H2,(H,16,18,19). The van der Waals surface area contributed by atoms with Gasteiger partial charge in [0.2, 0.25) is 0 Å². The van der Waals surface area contributed by atoms with Crippen molar-refractivity contribution in [3.63, 3.8) is 0 Å². The van der Waals surface area contributed by atoms with Gasteiger partial charge in [-0.1, -0.05) is 0 Å². The number of fused-ring (bicyclic) bond motifs is 1. The van der Waals surface area contributed by atoms with Crippen LogP contribution in [-0.2, 0) is 4.74 Å². The van der Waals surface area contributed by atoms with E-state index in [1.54, 1.807) is 6.20 Å². The minimum Gasteiger partial charge on any atom is -0.378 e. The number of aromatic amines is 1. The summed E-state index contributed by atoms with van der Waals surface area (Å²) in [6.07, 6.45) is 3.56. The molecule has 0 atom stereocenters. The van der Waals surface area contributed by atoms with E-state index in [1.165, 1.54) is 0 Å². The van der Waals surface area contributed by atoms with Crippen LogP contribution in [0.4, 0.5) is 5.82 Å². The van der Waals surface area contributed by atoms with Crippen molar-refractivity contribution in [2.45, 2.75) is 0 Å². The fourth-order valence-electron chi connectivity index (χ4n) is 2.58. The molecule has 6 nitrogen and oxygen atoms in total. The number of rotatable bonds is 2. The molecule has 4 rings (SSSR count). The first kappa shape index (κ1) is 12.3. The van der Waals surface area contributed by atoms with E-state index in [-0.39, 0.29) is 0 Å². The molecule has 0 unspecified atom stereocenters. The SMILES string of the molecule is c1cnc(N2CCOCC2)c(-c2nc3ncccc3[nH]2)c1. The van der Waals surface area contributed by atoms with Crippen molar-refractivity contribution in [3.8, 4) is 11.4 Å². The summed E-state index contributed by atoms with van der Waals surface area (Å²) in [5.74, 6) is 1.75. The van der Waals surface area contributed by atoms with Gasteiger partial charge in [0, 0.05) is 25.5 Å². The second-order valence-corrected chi connectivity index (χ2v) is 4.93. The van der Waals surface area contributed by atoms with Crippen LogP contribution in [0.2, 0.25) is 0 Å². The summed E-state index contributed by atoms with van der Waals surface area (Å²) in [5, 5.41) is 0. The summed E-state index contributed by atoms with van der Waals surface area (Å²) >= 11 is 0. The first-order valence-corrected chi connectivity index (χ1v) is 7.00. The smallest absolute Gasteiger partial charge is 0.178 e. The Hall–Kier alpha value is -2.47. The molecule has 1 fully saturated rings. The van der Waals surface area contributed by atoms with Gasteiger partial charge in [-0.15, -0.1) is 0 Å². The second-order valence-electron chi connectivity index (χ2n) is 4.93. The molecule has 1 aliphatic heterocycles. The van der Waals surface area contributed by atoms with Gasteiger partial charge in [-0.25, -0.2) is 15.0 Å². The first-order valence-electron chi connectivity index (χ1n) is 7.00. The van der Waals surface area contributed by atoms with E-state index >= 15 is 0 Å². The third-order valence-electron chi connectivity index (χ3n) is 3.61. The van der Waals surface area contributed by atoms with E-state index in [9.17, 15) is 0 Å². The summed E-state index contributed by atoms with van der Waals surface area (Å²) in [6, 6.07) is 7.84. The van der Waals surface area contributed by atoms with E-state index in [0.717, 1.165) is 54.7 Å². The first-order chi connectivity index (χ1) is 10.4. The number of ether oxygens (including phenoxy) is 1. The Morgan fingerprint density at radius 3 is 2.71 bits per heavy atom. The van der Waals surface area contributed by atoms with Gasteiger partial charge in [0.15, 0.2) is 5.65 Å². The summed E-state index contributed by atoms with van der Waals surface area (Å²) in [7, 11) is 0. The van der Waals surface area contributed by atoms with Crippen LogP contribution < -0.4 is 4.90 Å². The summed E-state index contributed by atoms with van der Waals surface area (Å²) < 4.78 is 5.41. The highest BCUT2D eigenvalue weighted by molar-refractivity contribution is 5.79. The molecule has 0 aliphatic carbocycles. The molecule has 0 bridgehead atoms. The lowest BCUT2D eigenvalue weighted by atomic mass is 10.2. The molecule has 3 aromatic heterocycles. The van der Waals surface area contributed by atoms with Crippen molar-refractivity contribution in [2.75, 3.05) is 31.2 Å². The number of H-pyrrole nitrogens is 1. The zero-order chi connectivity index (χ0) is 14.1. The van der Waals surface area contributed by atoms with Gasteiger partial charge in [-0.05, 0) is 24.3 Å². The van der Waals surface area contributed by atoms with Crippen LogP contribution >= 0.6 is 0 Å². The molecular formula is C15H15N5O. The monoisotopic (exact) mass is 281 g/mol. The largest absolute Gasteiger partial charge is 0.378 e. The maximum absolute atomic E-state index is 5.41. The molecule has 0 spiro atoms. The molecular weight excluding hydrogens is 266 g/mol. The van der Waals surface area contributed by atoms with Crippen LogP contribution in [0.5, 0.6) is 0 Å². The normalized spacial score (nSPS) is 15.5. The highest BCUT2D eigenvalue weighted by Crippen LogP contribution is 2.28. The minimum atomic E-state index is 0.726. The van der Waals surface area contributed by atoms with Crippen molar-refractivity contribution in [1.82, 2.24) is 19.9 Å². The average molecular weight is 281 g/mol. The maximum Gasteiger partial charge on any atom is 0.178 e. The maximum atomic E-state index is 5.41. The lowest BCUT2D eigenvalue weighted by Gasteiger charge is -2.28. The lowest BCUT2D eigenvalue weighted by molar-refractivity contribution is 0.122. The molecule has 6 heteroatoms. The summed E-state index contributed by atoms with van der Waals surface area (Å²) in [6.45, 7) is 3.17. The van der Waals surface area contributed by atoms with E-state index < -0.39 is 0 Å². The Kier molecular flexibility index (Phi) is 3.01. The Bertz CT molecular complexity index is 730. The second kappa shape index (κ2) is 5.14. The predicted octanol–water partition coefficient (Wildman–Crippen LogP) is 1.86. The van der Waals surface area contributed by atoms with Crippen molar-refractivity contribution in [2.24, 2.45) is 0 Å². The third kappa shape index (κ3) is 2.23. The van der Waals surface area contributed by atoms with E-state index in [2.05, 4.69) is 24.8 Å². The summed E-state index contributed by atoms with van der Waals surface area (Å²) in [4.78, 5) is 18.9. The average Bonchev–Trinajstić information content (AvgIpc) is 2.99. The fourth-order valence-corrected chi connectivity index (χ4v) is 2.58. The Labute approximate surface area is 121 Å². The van der Waals surface area contributed by atoms with Gasteiger partial charge in [0.05, 0.1) is 24.3 Å². The van der Waals surface area contributed by atoms with Crippen LogP contribution in [0.1, 0.15) is 0 Å². The molecule has 21 heavy (non-hydrogen) atoms. The van der Waals surface area contributed by atoms with Crippen LogP contribution in [0.15, 0.2) is 36.7 Å². The molecule has 0 radical (unpaired) electrons. The quantitative estimate of drug-likeness (QED) is 0.776. The third-order valence-corrected chi connectivity index (χ3v) is 3.61. The minimum absolute atomic E-state index is 0.726. The Balaban J connectivity index is 1.80. The zero-order valence-corrected chi connectivity index (χ0v) is 11.5. The molecule has 0 amide bonds. The number of anilines is 1.